The molecule has 0 saturated heterocycles. The van der Waals surface area contributed by atoms with E-state index in [1.54, 1.807) is 24.1 Å². The summed E-state index contributed by atoms with van der Waals surface area (Å²) in [6.45, 7) is 4.64. The first-order valence-corrected chi connectivity index (χ1v) is 8.59. The third-order valence-electron chi connectivity index (χ3n) is 2.63. The van der Waals surface area contributed by atoms with Crippen LogP contribution in [0.4, 0.5) is 0 Å². The number of rotatable bonds is 4. The standard InChI is InChI=1S/C12H20N2O2Si/c1-14(8-7-13)12(15)10-5-4-6-11(9-10)17(2,3)16/h4-6,9,16H,7-8,13H2,1-3H3. The van der Waals surface area contributed by atoms with Crippen molar-refractivity contribution in [2.24, 2.45) is 5.73 Å². The van der Waals surface area contributed by atoms with Crippen LogP contribution in [0.15, 0.2) is 24.3 Å². The fourth-order valence-electron chi connectivity index (χ4n) is 1.55. The molecule has 0 spiro atoms. The third-order valence-corrected chi connectivity index (χ3v) is 4.35. The lowest BCUT2D eigenvalue weighted by Gasteiger charge is -2.19. The summed E-state index contributed by atoms with van der Waals surface area (Å²) in [6.07, 6.45) is 0. The van der Waals surface area contributed by atoms with E-state index in [0.717, 1.165) is 5.19 Å². The summed E-state index contributed by atoms with van der Waals surface area (Å²) in [5.41, 5.74) is 6.02. The van der Waals surface area contributed by atoms with Crippen molar-refractivity contribution in [2.45, 2.75) is 13.1 Å². The zero-order valence-corrected chi connectivity index (χ0v) is 11.6. The van der Waals surface area contributed by atoms with Crippen LogP contribution in [0.2, 0.25) is 13.1 Å². The lowest BCUT2D eigenvalue weighted by atomic mass is 10.2. The van der Waals surface area contributed by atoms with Crippen molar-refractivity contribution in [1.82, 2.24) is 4.90 Å². The summed E-state index contributed by atoms with van der Waals surface area (Å²) in [6, 6.07) is 7.22. The second kappa shape index (κ2) is 5.44. The van der Waals surface area contributed by atoms with Crippen LogP contribution in [0.25, 0.3) is 0 Å². The van der Waals surface area contributed by atoms with E-state index in [9.17, 15) is 9.59 Å². The van der Waals surface area contributed by atoms with Gasteiger partial charge in [0.2, 0.25) is 8.32 Å². The minimum absolute atomic E-state index is 0.0597. The molecular formula is C12H20N2O2Si. The lowest BCUT2D eigenvalue weighted by molar-refractivity contribution is 0.0799. The van der Waals surface area contributed by atoms with E-state index in [2.05, 4.69) is 0 Å². The van der Waals surface area contributed by atoms with Gasteiger partial charge in [-0.15, -0.1) is 0 Å². The molecule has 0 aliphatic heterocycles. The van der Waals surface area contributed by atoms with Crippen molar-refractivity contribution in [1.29, 1.82) is 0 Å². The maximum atomic E-state index is 12.0. The number of carbonyl (C=O) groups is 1. The van der Waals surface area contributed by atoms with Gasteiger partial charge in [-0.3, -0.25) is 4.79 Å². The molecule has 94 valence electrons. The largest absolute Gasteiger partial charge is 0.428 e. The predicted octanol–water partition coefficient (Wildman–Crippen LogP) is 0.122. The fraction of sp³-hybridized carbons (Fsp3) is 0.417. The van der Waals surface area contributed by atoms with Gasteiger partial charge in [-0.25, -0.2) is 0 Å². The zero-order valence-electron chi connectivity index (χ0n) is 10.6. The highest BCUT2D eigenvalue weighted by Crippen LogP contribution is 2.05. The topological polar surface area (TPSA) is 66.6 Å². The number of amides is 1. The molecule has 4 nitrogen and oxygen atoms in total. The minimum atomic E-state index is -2.36. The first-order valence-electron chi connectivity index (χ1n) is 5.64. The van der Waals surface area contributed by atoms with Crippen LogP contribution in [-0.4, -0.2) is 44.1 Å². The van der Waals surface area contributed by atoms with Gasteiger partial charge >= 0.3 is 0 Å². The molecular weight excluding hydrogens is 232 g/mol. The molecule has 1 amide bonds. The summed E-state index contributed by atoms with van der Waals surface area (Å²) < 4.78 is 0. The Bertz CT molecular complexity index is 402. The van der Waals surface area contributed by atoms with Crippen LogP contribution in [0.5, 0.6) is 0 Å². The molecule has 0 heterocycles. The molecule has 0 atom stereocenters. The van der Waals surface area contributed by atoms with E-state index in [1.807, 2.05) is 25.2 Å². The number of hydrogen-bond donors (Lipinski definition) is 2. The molecule has 1 aromatic rings. The maximum absolute atomic E-state index is 12.0. The number of hydrogen-bond acceptors (Lipinski definition) is 3. The van der Waals surface area contributed by atoms with Crippen LogP contribution < -0.4 is 10.9 Å². The van der Waals surface area contributed by atoms with Crippen LogP contribution in [0, 0.1) is 0 Å². The molecule has 0 aliphatic rings. The number of carbonyl (C=O) groups excluding carboxylic acids is 1. The Kier molecular flexibility index (Phi) is 4.44. The Morgan fingerprint density at radius 3 is 2.65 bits per heavy atom. The summed E-state index contributed by atoms with van der Waals surface area (Å²) in [4.78, 5) is 23.6. The molecule has 0 fully saturated rings. The molecule has 0 radical (unpaired) electrons. The van der Waals surface area contributed by atoms with Gasteiger partial charge in [0.1, 0.15) is 0 Å². The molecule has 5 heteroatoms. The first-order chi connectivity index (χ1) is 7.86. The van der Waals surface area contributed by atoms with Gasteiger partial charge in [-0.2, -0.15) is 0 Å². The maximum Gasteiger partial charge on any atom is 0.253 e. The Labute approximate surface area is 103 Å². The Morgan fingerprint density at radius 1 is 1.47 bits per heavy atom. The molecule has 0 unspecified atom stereocenters. The molecule has 0 aromatic heterocycles. The second-order valence-corrected chi connectivity index (χ2v) is 8.35. The van der Waals surface area contributed by atoms with Gasteiger partial charge in [0.25, 0.3) is 5.91 Å². The smallest absolute Gasteiger partial charge is 0.253 e. The Morgan fingerprint density at radius 2 is 2.12 bits per heavy atom. The van der Waals surface area contributed by atoms with Crippen LogP contribution in [-0.2, 0) is 0 Å². The second-order valence-electron chi connectivity index (χ2n) is 4.66. The van der Waals surface area contributed by atoms with E-state index in [1.165, 1.54) is 0 Å². The van der Waals surface area contributed by atoms with Crippen molar-refractivity contribution >= 4 is 19.4 Å². The molecule has 3 N–H and O–H groups in total. The van der Waals surface area contributed by atoms with Gasteiger partial charge in [-0.05, 0) is 30.4 Å². The molecule has 0 saturated carbocycles. The SMILES string of the molecule is CN(CCN)C(=O)c1cccc([Si](C)(C)O)c1. The number of likely N-dealkylation sites (N-methyl/N-ethyl adjacent to an activating group) is 1. The minimum Gasteiger partial charge on any atom is -0.428 e. The summed E-state index contributed by atoms with van der Waals surface area (Å²) in [7, 11) is -0.634. The molecule has 1 rings (SSSR count). The Balaban J connectivity index is 2.96. The number of nitrogens with two attached hydrogens (primary N) is 1. The highest BCUT2D eigenvalue weighted by molar-refractivity contribution is 6.83. The van der Waals surface area contributed by atoms with Gasteiger partial charge in [0.15, 0.2) is 0 Å². The van der Waals surface area contributed by atoms with Crippen LogP contribution in [0.3, 0.4) is 0 Å². The van der Waals surface area contributed by atoms with Crippen LogP contribution >= 0.6 is 0 Å². The van der Waals surface area contributed by atoms with E-state index in [0.29, 0.717) is 18.7 Å². The molecule has 0 aliphatic carbocycles. The van der Waals surface area contributed by atoms with Gasteiger partial charge < -0.3 is 15.4 Å². The fourth-order valence-corrected chi connectivity index (χ4v) is 2.56. The quantitative estimate of drug-likeness (QED) is 0.748. The Hall–Kier alpha value is -1.17. The monoisotopic (exact) mass is 252 g/mol. The van der Waals surface area contributed by atoms with Gasteiger partial charge in [0.05, 0.1) is 0 Å². The molecule has 0 bridgehead atoms. The predicted molar refractivity (Wildman–Crippen MR) is 71.8 cm³/mol. The van der Waals surface area contributed by atoms with Gasteiger partial charge in [0, 0.05) is 25.7 Å². The lowest BCUT2D eigenvalue weighted by Crippen LogP contribution is -2.42. The molecule has 17 heavy (non-hydrogen) atoms. The van der Waals surface area contributed by atoms with Crippen LogP contribution in [0.1, 0.15) is 10.4 Å². The van der Waals surface area contributed by atoms with E-state index in [4.69, 9.17) is 5.73 Å². The molecule has 1 aromatic carbocycles. The van der Waals surface area contributed by atoms with E-state index in [-0.39, 0.29) is 5.91 Å². The van der Waals surface area contributed by atoms with E-state index >= 15 is 0 Å². The van der Waals surface area contributed by atoms with Crippen molar-refractivity contribution in [3.63, 3.8) is 0 Å². The number of nitrogens with zero attached hydrogens (tertiary/aromatic N) is 1. The average Bonchev–Trinajstić information content (AvgIpc) is 2.27. The summed E-state index contributed by atoms with van der Waals surface area (Å²) in [5, 5.41) is 0.865. The van der Waals surface area contributed by atoms with Crippen molar-refractivity contribution < 1.29 is 9.59 Å². The number of benzene rings is 1. The normalized spacial score (nSPS) is 11.4. The van der Waals surface area contributed by atoms with E-state index < -0.39 is 8.32 Å². The third kappa shape index (κ3) is 3.66. The average molecular weight is 252 g/mol. The van der Waals surface area contributed by atoms with Gasteiger partial charge in [-0.1, -0.05) is 12.1 Å². The highest BCUT2D eigenvalue weighted by atomic mass is 28.4. The summed E-state index contributed by atoms with van der Waals surface area (Å²) >= 11 is 0. The van der Waals surface area contributed by atoms with Crippen molar-refractivity contribution in [3.8, 4) is 0 Å². The summed E-state index contributed by atoms with van der Waals surface area (Å²) in [5.74, 6) is -0.0597. The first kappa shape index (κ1) is 13.9. The zero-order chi connectivity index (χ0) is 13.1. The van der Waals surface area contributed by atoms with Crippen molar-refractivity contribution in [2.75, 3.05) is 20.1 Å². The highest BCUT2D eigenvalue weighted by Gasteiger charge is 2.21. The van der Waals surface area contributed by atoms with Crippen molar-refractivity contribution in [3.05, 3.63) is 29.8 Å².